The first-order chi connectivity index (χ1) is 10.3. The summed E-state index contributed by atoms with van der Waals surface area (Å²) >= 11 is 0. The van der Waals surface area contributed by atoms with E-state index in [2.05, 4.69) is 9.46 Å². The lowest BCUT2D eigenvalue weighted by Gasteiger charge is -2.14. The normalized spacial score (nSPS) is 12.6. The Bertz CT molecular complexity index is 623. The molecule has 0 saturated carbocycles. The third kappa shape index (κ3) is 4.81. The van der Waals surface area contributed by atoms with E-state index in [1.807, 2.05) is 6.92 Å². The van der Waals surface area contributed by atoms with Crippen molar-refractivity contribution in [1.82, 2.24) is 4.72 Å². The average molecular weight is 329 g/mol. The van der Waals surface area contributed by atoms with Gasteiger partial charge < -0.3 is 9.84 Å². The first kappa shape index (κ1) is 18.1. The Morgan fingerprint density at radius 3 is 2.32 bits per heavy atom. The second-order valence-electron chi connectivity index (χ2n) is 4.67. The number of rotatable bonds is 8. The van der Waals surface area contributed by atoms with Gasteiger partial charge >= 0.3 is 11.9 Å². The Morgan fingerprint density at radius 1 is 1.27 bits per heavy atom. The van der Waals surface area contributed by atoms with Crippen molar-refractivity contribution in [3.63, 3.8) is 0 Å². The number of carbonyl (C=O) groups is 2. The van der Waals surface area contributed by atoms with Gasteiger partial charge in [0.25, 0.3) is 0 Å². The van der Waals surface area contributed by atoms with Crippen LogP contribution in [-0.2, 0) is 19.6 Å². The molecule has 1 atom stereocenters. The van der Waals surface area contributed by atoms with Gasteiger partial charge in [0.1, 0.15) is 6.04 Å². The predicted octanol–water partition coefficient (Wildman–Crippen LogP) is 1.39. The third-order valence-electron chi connectivity index (χ3n) is 3.03. The van der Waals surface area contributed by atoms with Crippen molar-refractivity contribution in [3.05, 3.63) is 29.8 Å². The van der Waals surface area contributed by atoms with Crippen LogP contribution >= 0.6 is 0 Å². The van der Waals surface area contributed by atoms with Crippen LogP contribution in [0.1, 0.15) is 36.5 Å². The molecule has 0 amide bonds. The monoisotopic (exact) mass is 329 g/mol. The van der Waals surface area contributed by atoms with Gasteiger partial charge in [-0.3, -0.25) is 4.79 Å². The molecule has 122 valence electrons. The van der Waals surface area contributed by atoms with Crippen LogP contribution in [0.15, 0.2) is 29.2 Å². The fourth-order valence-corrected chi connectivity index (χ4v) is 3.01. The maximum absolute atomic E-state index is 12.2. The Labute approximate surface area is 129 Å². The molecule has 0 fully saturated rings. The number of esters is 1. The molecular formula is C14H19NO6S. The molecule has 0 unspecified atom stereocenters. The van der Waals surface area contributed by atoms with Crippen molar-refractivity contribution in [1.29, 1.82) is 0 Å². The van der Waals surface area contributed by atoms with Gasteiger partial charge in [0.15, 0.2) is 0 Å². The SMILES string of the molecule is CCCC[C@H](NS(=O)(=O)c1ccc(C(=O)OC)cc1)C(=O)O. The van der Waals surface area contributed by atoms with Crippen molar-refractivity contribution in [2.45, 2.75) is 37.1 Å². The molecule has 1 rings (SSSR count). The maximum Gasteiger partial charge on any atom is 0.337 e. The van der Waals surface area contributed by atoms with Gasteiger partial charge in [0, 0.05) is 0 Å². The number of ether oxygens (including phenoxy) is 1. The topological polar surface area (TPSA) is 110 Å². The molecule has 0 aliphatic rings. The van der Waals surface area contributed by atoms with E-state index in [4.69, 9.17) is 5.11 Å². The lowest BCUT2D eigenvalue weighted by Crippen LogP contribution is -2.40. The van der Waals surface area contributed by atoms with Gasteiger partial charge in [0.05, 0.1) is 17.6 Å². The van der Waals surface area contributed by atoms with E-state index in [0.29, 0.717) is 6.42 Å². The number of nitrogens with one attached hydrogen (secondary N) is 1. The molecule has 0 saturated heterocycles. The Balaban J connectivity index is 2.93. The van der Waals surface area contributed by atoms with Gasteiger partial charge in [-0.1, -0.05) is 19.8 Å². The van der Waals surface area contributed by atoms with Crippen LogP contribution < -0.4 is 4.72 Å². The predicted molar refractivity (Wildman–Crippen MR) is 79.1 cm³/mol. The summed E-state index contributed by atoms with van der Waals surface area (Å²) in [5, 5.41) is 9.07. The molecule has 22 heavy (non-hydrogen) atoms. The number of carboxylic acid groups (broad SMARTS) is 1. The highest BCUT2D eigenvalue weighted by molar-refractivity contribution is 7.89. The zero-order valence-electron chi connectivity index (χ0n) is 12.4. The van der Waals surface area contributed by atoms with Gasteiger partial charge in [-0.25, -0.2) is 13.2 Å². The molecule has 0 heterocycles. The highest BCUT2D eigenvalue weighted by Crippen LogP contribution is 2.13. The summed E-state index contributed by atoms with van der Waals surface area (Å²) in [6.07, 6.45) is 1.57. The van der Waals surface area contributed by atoms with Gasteiger partial charge in [0.2, 0.25) is 10.0 Å². The number of aliphatic carboxylic acids is 1. The van der Waals surface area contributed by atoms with Crippen LogP contribution in [0.4, 0.5) is 0 Å². The summed E-state index contributed by atoms with van der Waals surface area (Å²) in [7, 11) is -2.75. The molecule has 0 aliphatic carbocycles. The summed E-state index contributed by atoms with van der Waals surface area (Å²) < 4.78 is 31.0. The quantitative estimate of drug-likeness (QED) is 0.698. The molecule has 7 nitrogen and oxygen atoms in total. The molecule has 1 aromatic carbocycles. The van der Waals surface area contributed by atoms with E-state index in [1.165, 1.54) is 31.4 Å². The molecule has 0 spiro atoms. The smallest absolute Gasteiger partial charge is 0.337 e. The van der Waals surface area contributed by atoms with E-state index in [1.54, 1.807) is 0 Å². The van der Waals surface area contributed by atoms with E-state index < -0.39 is 28.0 Å². The van der Waals surface area contributed by atoms with Crippen molar-refractivity contribution >= 4 is 22.0 Å². The second-order valence-corrected chi connectivity index (χ2v) is 6.38. The zero-order chi connectivity index (χ0) is 16.8. The van der Waals surface area contributed by atoms with Crippen molar-refractivity contribution in [3.8, 4) is 0 Å². The molecule has 0 aliphatic heterocycles. The number of carboxylic acids is 1. The summed E-state index contributed by atoms with van der Waals surface area (Å²) in [6.45, 7) is 1.89. The number of carbonyl (C=O) groups excluding carboxylic acids is 1. The summed E-state index contributed by atoms with van der Waals surface area (Å²) in [5.74, 6) is -1.80. The van der Waals surface area contributed by atoms with E-state index in [9.17, 15) is 18.0 Å². The van der Waals surface area contributed by atoms with Gasteiger partial charge in [-0.05, 0) is 30.7 Å². The fraction of sp³-hybridized carbons (Fsp3) is 0.429. The largest absolute Gasteiger partial charge is 0.480 e. The maximum atomic E-state index is 12.2. The number of benzene rings is 1. The zero-order valence-corrected chi connectivity index (χ0v) is 13.2. The lowest BCUT2D eigenvalue weighted by molar-refractivity contribution is -0.139. The molecular weight excluding hydrogens is 310 g/mol. The minimum Gasteiger partial charge on any atom is -0.480 e. The first-order valence-corrected chi connectivity index (χ1v) is 8.23. The van der Waals surface area contributed by atoms with Crippen LogP contribution in [0, 0.1) is 0 Å². The van der Waals surface area contributed by atoms with Crippen molar-refractivity contribution in [2.75, 3.05) is 7.11 Å². The lowest BCUT2D eigenvalue weighted by atomic mass is 10.1. The minimum atomic E-state index is -3.97. The van der Waals surface area contributed by atoms with Crippen LogP contribution in [0.25, 0.3) is 0 Å². The van der Waals surface area contributed by atoms with Gasteiger partial charge in [-0.15, -0.1) is 0 Å². The Kier molecular flexibility index (Phi) is 6.51. The third-order valence-corrected chi connectivity index (χ3v) is 4.52. The molecule has 8 heteroatoms. The fourth-order valence-electron chi connectivity index (χ4n) is 1.78. The average Bonchev–Trinajstić information content (AvgIpc) is 2.50. The number of hydrogen-bond donors (Lipinski definition) is 2. The van der Waals surface area contributed by atoms with E-state index in [0.717, 1.165) is 6.42 Å². The van der Waals surface area contributed by atoms with E-state index >= 15 is 0 Å². The highest BCUT2D eigenvalue weighted by atomic mass is 32.2. The minimum absolute atomic E-state index is 0.108. The number of hydrogen-bond acceptors (Lipinski definition) is 5. The number of methoxy groups -OCH3 is 1. The van der Waals surface area contributed by atoms with Crippen LogP contribution in [0.5, 0.6) is 0 Å². The van der Waals surface area contributed by atoms with Crippen LogP contribution in [-0.4, -0.2) is 38.6 Å². The standard InChI is InChI=1S/C14H19NO6S/c1-3-4-5-12(13(16)17)15-22(19,20)11-8-6-10(7-9-11)14(18)21-2/h6-9,12,15H,3-5H2,1-2H3,(H,16,17)/t12-/m0/s1. The van der Waals surface area contributed by atoms with Crippen LogP contribution in [0.3, 0.4) is 0 Å². The second kappa shape index (κ2) is 7.90. The molecule has 0 radical (unpaired) electrons. The Hall–Kier alpha value is -1.93. The van der Waals surface area contributed by atoms with Crippen molar-refractivity contribution in [2.24, 2.45) is 0 Å². The highest BCUT2D eigenvalue weighted by Gasteiger charge is 2.25. The molecule has 1 aromatic rings. The van der Waals surface area contributed by atoms with Gasteiger partial charge in [-0.2, -0.15) is 4.72 Å². The summed E-state index contributed by atoms with van der Waals surface area (Å²) in [5.41, 5.74) is 0.210. The number of sulfonamides is 1. The molecule has 2 N–H and O–H groups in total. The molecule has 0 aromatic heterocycles. The number of unbranched alkanes of at least 4 members (excludes halogenated alkanes) is 1. The molecule has 0 bridgehead atoms. The summed E-state index contributed by atoms with van der Waals surface area (Å²) in [6, 6.07) is 3.90. The van der Waals surface area contributed by atoms with Crippen molar-refractivity contribution < 1.29 is 27.9 Å². The Morgan fingerprint density at radius 2 is 1.86 bits per heavy atom. The summed E-state index contributed by atoms with van der Waals surface area (Å²) in [4.78, 5) is 22.3. The first-order valence-electron chi connectivity index (χ1n) is 6.75. The van der Waals surface area contributed by atoms with Crippen LogP contribution in [0.2, 0.25) is 0 Å². The van der Waals surface area contributed by atoms with E-state index in [-0.39, 0.29) is 16.9 Å².